The molecule has 7 heteroatoms. The summed E-state index contributed by atoms with van der Waals surface area (Å²) in [5.41, 5.74) is 6.42. The maximum atomic E-state index is 9.73. The number of ether oxygens (including phenoxy) is 1. The third-order valence-corrected chi connectivity index (χ3v) is 3.23. The molecule has 0 aliphatic carbocycles. The molecule has 0 radical (unpaired) electrons. The molecular formula is C11H14N4O3. The van der Waals surface area contributed by atoms with E-state index in [2.05, 4.69) is 9.97 Å². The van der Waals surface area contributed by atoms with Gasteiger partial charge < -0.3 is 25.3 Å². The Morgan fingerprint density at radius 1 is 1.50 bits per heavy atom. The number of rotatable bonds is 2. The van der Waals surface area contributed by atoms with Gasteiger partial charge in [-0.2, -0.15) is 0 Å². The fraction of sp³-hybridized carbons (Fsp3) is 0.455. The Morgan fingerprint density at radius 2 is 2.33 bits per heavy atom. The first-order valence-corrected chi connectivity index (χ1v) is 5.72. The van der Waals surface area contributed by atoms with Crippen molar-refractivity contribution in [2.45, 2.75) is 24.9 Å². The van der Waals surface area contributed by atoms with Crippen LogP contribution in [0.15, 0.2) is 18.6 Å². The van der Waals surface area contributed by atoms with E-state index in [1.54, 1.807) is 10.8 Å². The highest BCUT2D eigenvalue weighted by Crippen LogP contribution is 2.31. The van der Waals surface area contributed by atoms with E-state index in [9.17, 15) is 5.11 Å². The van der Waals surface area contributed by atoms with Gasteiger partial charge in [-0.3, -0.25) is 0 Å². The van der Waals surface area contributed by atoms with Crippen LogP contribution in [-0.2, 0) is 4.74 Å². The van der Waals surface area contributed by atoms with Crippen LogP contribution in [0.2, 0.25) is 0 Å². The second kappa shape index (κ2) is 4.20. The number of hydrogen-bond acceptors (Lipinski definition) is 6. The molecule has 3 rings (SSSR count). The first kappa shape index (κ1) is 11.4. The van der Waals surface area contributed by atoms with E-state index < -0.39 is 12.2 Å². The van der Waals surface area contributed by atoms with Gasteiger partial charge in [-0.1, -0.05) is 0 Å². The van der Waals surface area contributed by atoms with E-state index >= 15 is 0 Å². The van der Waals surface area contributed by atoms with Crippen molar-refractivity contribution in [1.29, 1.82) is 0 Å². The van der Waals surface area contributed by atoms with Crippen LogP contribution in [0, 0.1) is 0 Å². The molecule has 3 atom stereocenters. The standard InChI is InChI=1S/C11H14N4O3/c12-10-6-1-2-15(11(6)14-5-13-10)9-3-7(17)8(4-16)18-9/h1-2,5,7-9,16-17H,3-4H2,(H2,12,13,14)/t7-,8?,9?/m0/s1. The molecule has 0 spiro atoms. The van der Waals surface area contributed by atoms with Crippen molar-refractivity contribution in [2.24, 2.45) is 0 Å². The normalized spacial score (nSPS) is 28.0. The maximum Gasteiger partial charge on any atom is 0.147 e. The summed E-state index contributed by atoms with van der Waals surface area (Å²) in [7, 11) is 0. The molecule has 2 unspecified atom stereocenters. The predicted molar refractivity (Wildman–Crippen MR) is 63.6 cm³/mol. The van der Waals surface area contributed by atoms with Crippen molar-refractivity contribution in [3.63, 3.8) is 0 Å². The molecule has 1 fully saturated rings. The number of anilines is 1. The topological polar surface area (TPSA) is 106 Å². The van der Waals surface area contributed by atoms with Crippen molar-refractivity contribution in [1.82, 2.24) is 14.5 Å². The Labute approximate surface area is 103 Å². The summed E-state index contributed by atoms with van der Waals surface area (Å²) in [6.07, 6.45) is 2.04. The van der Waals surface area contributed by atoms with Gasteiger partial charge >= 0.3 is 0 Å². The SMILES string of the molecule is Nc1ncnc2c1ccn2C1C[C@H](O)C(CO)O1. The summed E-state index contributed by atoms with van der Waals surface area (Å²) in [5.74, 6) is 0.413. The van der Waals surface area contributed by atoms with Crippen molar-refractivity contribution in [2.75, 3.05) is 12.3 Å². The van der Waals surface area contributed by atoms with Gasteiger partial charge in [0.25, 0.3) is 0 Å². The lowest BCUT2D eigenvalue weighted by Crippen LogP contribution is -2.24. The van der Waals surface area contributed by atoms with Crippen molar-refractivity contribution in [3.8, 4) is 0 Å². The zero-order chi connectivity index (χ0) is 12.7. The van der Waals surface area contributed by atoms with Crippen LogP contribution < -0.4 is 5.73 Å². The average molecular weight is 250 g/mol. The van der Waals surface area contributed by atoms with Crippen LogP contribution in [0.3, 0.4) is 0 Å². The number of nitrogens with two attached hydrogens (primary N) is 1. The van der Waals surface area contributed by atoms with Crippen LogP contribution in [0.25, 0.3) is 11.0 Å². The number of aliphatic hydroxyl groups excluding tert-OH is 2. The van der Waals surface area contributed by atoms with E-state index in [1.807, 2.05) is 6.07 Å². The summed E-state index contributed by atoms with van der Waals surface area (Å²) in [5, 5.41) is 19.6. The Morgan fingerprint density at radius 3 is 3.06 bits per heavy atom. The minimum absolute atomic E-state index is 0.200. The highest BCUT2D eigenvalue weighted by atomic mass is 16.5. The van der Waals surface area contributed by atoms with Crippen molar-refractivity contribution >= 4 is 16.9 Å². The molecule has 1 aliphatic heterocycles. The Bertz CT molecular complexity index is 570. The monoisotopic (exact) mass is 250 g/mol. The number of nitrogen functional groups attached to an aromatic ring is 1. The predicted octanol–water partition coefficient (Wildman–Crippen LogP) is -0.346. The molecule has 0 saturated carbocycles. The fourth-order valence-corrected chi connectivity index (χ4v) is 2.27. The molecule has 2 aromatic rings. The van der Waals surface area contributed by atoms with Crippen LogP contribution >= 0.6 is 0 Å². The van der Waals surface area contributed by atoms with E-state index in [4.69, 9.17) is 15.6 Å². The molecule has 4 N–H and O–H groups in total. The highest BCUT2D eigenvalue weighted by Gasteiger charge is 2.34. The molecule has 7 nitrogen and oxygen atoms in total. The molecule has 2 aromatic heterocycles. The second-order valence-electron chi connectivity index (χ2n) is 4.33. The van der Waals surface area contributed by atoms with Crippen LogP contribution in [0.4, 0.5) is 5.82 Å². The first-order valence-electron chi connectivity index (χ1n) is 5.72. The summed E-state index contributed by atoms with van der Waals surface area (Å²) in [4.78, 5) is 8.09. The average Bonchev–Trinajstić information content (AvgIpc) is 2.93. The molecular weight excluding hydrogens is 236 g/mol. The van der Waals surface area contributed by atoms with E-state index in [0.717, 1.165) is 5.39 Å². The summed E-state index contributed by atoms with van der Waals surface area (Å²) < 4.78 is 7.37. The maximum absolute atomic E-state index is 9.73. The van der Waals surface area contributed by atoms with Gasteiger partial charge in [0.15, 0.2) is 0 Å². The Kier molecular flexibility index (Phi) is 2.66. The summed E-state index contributed by atoms with van der Waals surface area (Å²) in [6.45, 7) is -0.200. The van der Waals surface area contributed by atoms with E-state index in [0.29, 0.717) is 17.9 Å². The highest BCUT2D eigenvalue weighted by molar-refractivity contribution is 5.86. The zero-order valence-electron chi connectivity index (χ0n) is 9.60. The lowest BCUT2D eigenvalue weighted by Gasteiger charge is -2.14. The third kappa shape index (κ3) is 1.64. The number of fused-ring (bicyclic) bond motifs is 1. The van der Waals surface area contributed by atoms with Gasteiger partial charge in [-0.15, -0.1) is 0 Å². The molecule has 3 heterocycles. The van der Waals surface area contributed by atoms with Crippen molar-refractivity contribution < 1.29 is 14.9 Å². The minimum Gasteiger partial charge on any atom is -0.394 e. The lowest BCUT2D eigenvalue weighted by molar-refractivity contribution is -0.0430. The van der Waals surface area contributed by atoms with Gasteiger partial charge in [0.1, 0.15) is 30.1 Å². The molecule has 0 aromatic carbocycles. The van der Waals surface area contributed by atoms with Gasteiger partial charge in [-0.05, 0) is 6.07 Å². The van der Waals surface area contributed by atoms with Crippen LogP contribution in [0.5, 0.6) is 0 Å². The van der Waals surface area contributed by atoms with Crippen LogP contribution in [-0.4, -0.2) is 43.6 Å². The summed E-state index contributed by atoms with van der Waals surface area (Å²) in [6, 6.07) is 1.81. The Hall–Kier alpha value is -1.70. The molecule has 1 saturated heterocycles. The molecule has 0 bridgehead atoms. The number of nitrogens with zero attached hydrogens (tertiary/aromatic N) is 3. The quantitative estimate of drug-likeness (QED) is 0.673. The largest absolute Gasteiger partial charge is 0.394 e. The number of hydrogen-bond donors (Lipinski definition) is 3. The smallest absolute Gasteiger partial charge is 0.147 e. The van der Waals surface area contributed by atoms with Gasteiger partial charge in [-0.25, -0.2) is 9.97 Å². The molecule has 18 heavy (non-hydrogen) atoms. The molecule has 96 valence electrons. The summed E-state index contributed by atoms with van der Waals surface area (Å²) >= 11 is 0. The van der Waals surface area contributed by atoms with Gasteiger partial charge in [0.2, 0.25) is 0 Å². The number of aliphatic hydroxyl groups is 2. The molecule has 0 amide bonds. The van der Waals surface area contributed by atoms with Crippen LogP contribution in [0.1, 0.15) is 12.6 Å². The van der Waals surface area contributed by atoms with Gasteiger partial charge in [0.05, 0.1) is 18.1 Å². The van der Waals surface area contributed by atoms with Crippen molar-refractivity contribution in [3.05, 3.63) is 18.6 Å². The number of aromatic nitrogens is 3. The third-order valence-electron chi connectivity index (χ3n) is 3.23. The lowest BCUT2D eigenvalue weighted by atomic mass is 10.2. The molecule has 1 aliphatic rings. The van der Waals surface area contributed by atoms with Gasteiger partial charge in [0, 0.05) is 12.6 Å². The second-order valence-corrected chi connectivity index (χ2v) is 4.33. The minimum atomic E-state index is -0.670. The van der Waals surface area contributed by atoms with E-state index in [-0.39, 0.29) is 12.8 Å². The zero-order valence-corrected chi connectivity index (χ0v) is 9.60. The Balaban J connectivity index is 1.99. The fourth-order valence-electron chi connectivity index (χ4n) is 2.27. The first-order chi connectivity index (χ1) is 8.70. The van der Waals surface area contributed by atoms with E-state index in [1.165, 1.54) is 6.33 Å².